The first kappa shape index (κ1) is 8.82. The second-order valence-electron chi connectivity index (χ2n) is 0.408. The number of hydrogen-bond donors (Lipinski definition) is 1. The van der Waals surface area contributed by atoms with Crippen LogP contribution >= 0.6 is 0 Å². The second kappa shape index (κ2) is 102. The molecule has 2 nitrogen and oxygen atoms in total. The van der Waals surface area contributed by atoms with E-state index in [4.69, 9.17) is 11.0 Å². The zero-order valence-corrected chi connectivity index (χ0v) is 3.31. The van der Waals surface area contributed by atoms with Gasteiger partial charge in [0.2, 0.25) is 0 Å². The molecule has 0 aliphatic carbocycles. The lowest BCUT2D eigenvalue weighted by atomic mass is 10.8. The molecular weight excluding hydrogens is 64.0 g/mol. The average Bonchev–Trinajstić information content (AvgIpc) is 1.46. The molecule has 2 N–H and O–H groups in total. The van der Waals surface area contributed by atoms with Crippen LogP contribution in [0.25, 0.3) is 0 Å². The van der Waals surface area contributed by atoms with Crippen LogP contribution in [0.3, 0.4) is 0 Å². The SMILES string of the molecule is C#N.CCN. The Hall–Kier alpha value is -0.550. The Morgan fingerprint density at radius 3 is 1.80 bits per heavy atom. The summed E-state index contributed by atoms with van der Waals surface area (Å²) in [5.74, 6) is 0. The lowest BCUT2D eigenvalue weighted by molar-refractivity contribution is 1.14. The molecule has 2 heteroatoms. The third-order valence-electron chi connectivity index (χ3n) is 0. The molecular formula is C3H8N2. The summed E-state index contributed by atoms with van der Waals surface area (Å²) < 4.78 is 0. The standard InChI is InChI=1S/C2H7N.CHN/c1-2-3;1-2/h2-3H2,1H3;1H. The molecule has 0 spiro atoms. The van der Waals surface area contributed by atoms with Crippen molar-refractivity contribution >= 4 is 0 Å². The van der Waals surface area contributed by atoms with E-state index in [-0.39, 0.29) is 0 Å². The number of nitrogens with zero attached hydrogens (tertiary/aromatic N) is 1. The van der Waals surface area contributed by atoms with Crippen LogP contribution < -0.4 is 5.73 Å². The van der Waals surface area contributed by atoms with Crippen molar-refractivity contribution in [3.63, 3.8) is 0 Å². The van der Waals surface area contributed by atoms with Gasteiger partial charge in [0.25, 0.3) is 0 Å². The summed E-state index contributed by atoms with van der Waals surface area (Å²) in [7, 11) is 0. The van der Waals surface area contributed by atoms with E-state index in [1.165, 1.54) is 0 Å². The second-order valence-corrected chi connectivity index (χ2v) is 0.408. The minimum atomic E-state index is 0.750. The van der Waals surface area contributed by atoms with E-state index >= 15 is 0 Å². The van der Waals surface area contributed by atoms with Gasteiger partial charge in [0, 0.05) is 6.57 Å². The molecule has 0 saturated carbocycles. The van der Waals surface area contributed by atoms with E-state index < -0.39 is 0 Å². The summed E-state index contributed by atoms with van der Waals surface area (Å²) in [5.41, 5.74) is 4.85. The van der Waals surface area contributed by atoms with Crippen molar-refractivity contribution in [3.8, 4) is 6.57 Å². The fraction of sp³-hybridized carbons (Fsp3) is 0.667. The maximum absolute atomic E-state index is 6.50. The summed E-state index contributed by atoms with van der Waals surface area (Å²) in [6.07, 6.45) is 0. The Kier molecular flexibility index (Phi) is 180. The first-order valence-electron chi connectivity index (χ1n) is 1.37. The Bertz CT molecular complexity index is 16.1. The Morgan fingerprint density at radius 2 is 1.80 bits per heavy atom. The van der Waals surface area contributed by atoms with Crippen LogP contribution in [0, 0.1) is 11.8 Å². The van der Waals surface area contributed by atoms with Crippen molar-refractivity contribution in [2.75, 3.05) is 6.54 Å². The van der Waals surface area contributed by atoms with Gasteiger partial charge in [-0.25, -0.2) is 5.26 Å². The summed E-state index contributed by atoms with van der Waals surface area (Å²) in [6.45, 7) is 6.15. The molecule has 0 unspecified atom stereocenters. The van der Waals surface area contributed by atoms with Crippen molar-refractivity contribution in [2.24, 2.45) is 5.73 Å². The molecule has 0 aliphatic rings. The summed E-state index contributed by atoms with van der Waals surface area (Å²) >= 11 is 0. The van der Waals surface area contributed by atoms with Gasteiger partial charge in [-0.1, -0.05) is 6.92 Å². The summed E-state index contributed by atoms with van der Waals surface area (Å²) in [5, 5.41) is 6.50. The molecule has 0 saturated heterocycles. The van der Waals surface area contributed by atoms with Crippen molar-refractivity contribution in [2.45, 2.75) is 6.92 Å². The van der Waals surface area contributed by atoms with Crippen molar-refractivity contribution < 1.29 is 0 Å². The third kappa shape index (κ3) is 24.0. The van der Waals surface area contributed by atoms with Crippen molar-refractivity contribution in [3.05, 3.63) is 0 Å². The first-order valence-corrected chi connectivity index (χ1v) is 1.37. The minimum absolute atomic E-state index is 0.750. The highest BCUT2D eigenvalue weighted by Gasteiger charge is 1.32. The third-order valence-corrected chi connectivity index (χ3v) is 0. The van der Waals surface area contributed by atoms with Gasteiger partial charge in [0.15, 0.2) is 0 Å². The predicted octanol–water partition coefficient (Wildman–Crippen LogP) is 0.105. The van der Waals surface area contributed by atoms with Gasteiger partial charge in [-0.15, -0.1) is 0 Å². The van der Waals surface area contributed by atoms with Gasteiger partial charge in [0.05, 0.1) is 0 Å². The van der Waals surface area contributed by atoms with Crippen LogP contribution in [0.5, 0.6) is 0 Å². The highest BCUT2D eigenvalue weighted by Crippen LogP contribution is 1.20. The first-order chi connectivity index (χ1) is 2.41. The van der Waals surface area contributed by atoms with E-state index in [9.17, 15) is 0 Å². The molecule has 0 aromatic rings. The number of nitriles is 1. The number of rotatable bonds is 0. The van der Waals surface area contributed by atoms with Crippen LogP contribution in [0.15, 0.2) is 0 Å². The maximum atomic E-state index is 6.50. The zero-order chi connectivity index (χ0) is 4.71. The Morgan fingerprint density at radius 1 is 1.80 bits per heavy atom. The van der Waals surface area contributed by atoms with E-state index in [2.05, 4.69) is 6.57 Å². The normalized spacial score (nSPS) is 4.00. The monoisotopic (exact) mass is 72.1 g/mol. The molecule has 30 valence electrons. The fourth-order valence-corrected chi connectivity index (χ4v) is 0. The summed E-state index contributed by atoms with van der Waals surface area (Å²) in [4.78, 5) is 0. The maximum Gasteiger partial charge on any atom is 0.0462 e. The number of hydrogen-bond acceptors (Lipinski definition) is 2. The van der Waals surface area contributed by atoms with Gasteiger partial charge in [-0.2, -0.15) is 0 Å². The molecule has 0 rings (SSSR count). The van der Waals surface area contributed by atoms with Crippen molar-refractivity contribution in [1.82, 2.24) is 0 Å². The number of nitrogens with two attached hydrogens (primary N) is 1. The zero-order valence-electron chi connectivity index (χ0n) is 3.31. The highest BCUT2D eigenvalue weighted by atomic mass is 14.5. The van der Waals surface area contributed by atoms with Gasteiger partial charge >= 0.3 is 0 Å². The quantitative estimate of drug-likeness (QED) is 0.441. The van der Waals surface area contributed by atoms with E-state index in [0.717, 1.165) is 6.54 Å². The molecule has 0 amide bonds. The molecule has 0 aliphatic heterocycles. The topological polar surface area (TPSA) is 49.8 Å². The lowest BCUT2D eigenvalue weighted by Gasteiger charge is -1.53. The smallest absolute Gasteiger partial charge is 0.0462 e. The van der Waals surface area contributed by atoms with Gasteiger partial charge in [0.1, 0.15) is 0 Å². The molecule has 0 bridgehead atoms. The average molecular weight is 72.1 g/mol. The minimum Gasteiger partial charge on any atom is -0.331 e. The molecule has 0 radical (unpaired) electrons. The van der Waals surface area contributed by atoms with Crippen LogP contribution in [0.1, 0.15) is 6.92 Å². The fourth-order valence-electron chi connectivity index (χ4n) is 0. The predicted molar refractivity (Wildman–Crippen MR) is 21.4 cm³/mol. The lowest BCUT2D eigenvalue weighted by Crippen LogP contribution is -1.87. The van der Waals surface area contributed by atoms with Crippen LogP contribution in [-0.2, 0) is 0 Å². The molecule has 0 heterocycles. The van der Waals surface area contributed by atoms with Crippen LogP contribution in [0.2, 0.25) is 0 Å². The molecule has 5 heavy (non-hydrogen) atoms. The van der Waals surface area contributed by atoms with E-state index in [1.807, 2.05) is 6.92 Å². The van der Waals surface area contributed by atoms with Crippen molar-refractivity contribution in [1.29, 1.82) is 5.26 Å². The van der Waals surface area contributed by atoms with Crippen LogP contribution in [-0.4, -0.2) is 6.54 Å². The van der Waals surface area contributed by atoms with Gasteiger partial charge < -0.3 is 5.73 Å². The molecule has 0 aromatic carbocycles. The summed E-state index contributed by atoms with van der Waals surface area (Å²) in [6, 6.07) is 0. The molecule has 0 atom stereocenters. The Labute approximate surface area is 32.2 Å². The molecule has 0 fully saturated rings. The Balaban J connectivity index is 0. The van der Waals surface area contributed by atoms with Gasteiger partial charge in [-0.3, -0.25) is 0 Å². The molecule has 0 aromatic heterocycles. The van der Waals surface area contributed by atoms with Crippen LogP contribution in [0.4, 0.5) is 0 Å². The van der Waals surface area contributed by atoms with E-state index in [0.29, 0.717) is 0 Å². The largest absolute Gasteiger partial charge is 0.331 e. The van der Waals surface area contributed by atoms with E-state index in [1.54, 1.807) is 0 Å². The van der Waals surface area contributed by atoms with Gasteiger partial charge in [-0.05, 0) is 6.54 Å². The highest BCUT2D eigenvalue weighted by molar-refractivity contribution is 4.03.